The predicted molar refractivity (Wildman–Crippen MR) is 58.7 cm³/mol. The molecule has 0 amide bonds. The van der Waals surface area contributed by atoms with Gasteiger partial charge in [-0.15, -0.1) is 12.8 Å². The summed E-state index contributed by atoms with van der Waals surface area (Å²) < 4.78 is 5.08. The van der Waals surface area contributed by atoms with E-state index in [1.807, 2.05) is 4.90 Å². The summed E-state index contributed by atoms with van der Waals surface area (Å²) in [6, 6.07) is 0. The molecule has 0 aliphatic rings. The van der Waals surface area contributed by atoms with Crippen LogP contribution in [0.15, 0.2) is 0 Å². The van der Waals surface area contributed by atoms with Gasteiger partial charge in [-0.25, -0.2) is 0 Å². The fraction of sp³-hybridized carbons (Fsp3) is 0.636. The van der Waals surface area contributed by atoms with E-state index in [0.29, 0.717) is 32.8 Å². The lowest BCUT2D eigenvalue weighted by atomic mass is 10.4. The van der Waals surface area contributed by atoms with Crippen LogP contribution in [-0.2, 0) is 4.74 Å². The minimum Gasteiger partial charge on any atom is -0.394 e. The Balaban J connectivity index is 0. The lowest BCUT2D eigenvalue weighted by Gasteiger charge is -2.15. The summed E-state index contributed by atoms with van der Waals surface area (Å²) in [5, 5.41) is 8.43. The van der Waals surface area contributed by atoms with E-state index in [1.165, 1.54) is 0 Å². The van der Waals surface area contributed by atoms with Gasteiger partial charge in [0.1, 0.15) is 0 Å². The number of nitrogens with zero attached hydrogens (tertiary/aromatic N) is 1. The lowest BCUT2D eigenvalue weighted by molar-refractivity contribution is 0.0785. The predicted octanol–water partition coefficient (Wildman–Crippen LogP) is 0.200. The van der Waals surface area contributed by atoms with E-state index in [0.717, 1.165) is 0 Å². The summed E-state index contributed by atoms with van der Waals surface area (Å²) in [6.45, 7) is 2.72. The zero-order valence-corrected chi connectivity index (χ0v) is 7.70. The maximum absolute atomic E-state index is 8.43. The van der Waals surface area contributed by atoms with Crippen LogP contribution in [0.2, 0.25) is 0 Å². The summed E-state index contributed by atoms with van der Waals surface area (Å²) in [7, 11) is 0. The van der Waals surface area contributed by atoms with Crippen LogP contribution in [0.3, 0.4) is 0 Å². The third-order valence-corrected chi connectivity index (χ3v) is 1.42. The van der Waals surface area contributed by atoms with Gasteiger partial charge < -0.3 is 9.84 Å². The van der Waals surface area contributed by atoms with Crippen LogP contribution >= 0.6 is 0 Å². The Morgan fingerprint density at radius 2 is 1.71 bits per heavy atom. The number of aliphatic hydroxyl groups is 1. The van der Waals surface area contributed by atoms with Gasteiger partial charge in [-0.2, -0.15) is 0 Å². The summed E-state index contributed by atoms with van der Waals surface area (Å²) in [6.07, 6.45) is 10.3. The van der Waals surface area contributed by atoms with E-state index in [9.17, 15) is 0 Å². The minimum absolute atomic E-state index is 0. The van der Waals surface area contributed by atoms with Crippen molar-refractivity contribution in [2.75, 3.05) is 39.5 Å². The van der Waals surface area contributed by atoms with E-state index in [2.05, 4.69) is 11.8 Å². The van der Waals surface area contributed by atoms with Crippen LogP contribution in [0.1, 0.15) is 7.43 Å². The molecule has 0 rings (SSSR count). The first kappa shape index (κ1) is 15.5. The van der Waals surface area contributed by atoms with Crippen molar-refractivity contribution in [2.45, 2.75) is 7.43 Å². The smallest absolute Gasteiger partial charge is 0.0698 e. The maximum atomic E-state index is 8.43. The zero-order chi connectivity index (χ0) is 9.94. The van der Waals surface area contributed by atoms with Crippen molar-refractivity contribution >= 4 is 0 Å². The highest BCUT2D eigenvalue weighted by Gasteiger charge is 1.99. The lowest BCUT2D eigenvalue weighted by Crippen LogP contribution is -2.28. The van der Waals surface area contributed by atoms with Gasteiger partial charge in [0, 0.05) is 6.54 Å². The molecule has 3 heteroatoms. The van der Waals surface area contributed by atoms with E-state index < -0.39 is 0 Å². The first-order valence-electron chi connectivity index (χ1n) is 4.13. The van der Waals surface area contributed by atoms with Crippen LogP contribution < -0.4 is 0 Å². The van der Waals surface area contributed by atoms with Crippen LogP contribution in [0.4, 0.5) is 0 Å². The van der Waals surface area contributed by atoms with Gasteiger partial charge in [0.25, 0.3) is 0 Å². The Kier molecular flexibility index (Phi) is 13.3. The molecule has 0 saturated carbocycles. The molecular formula is C11H19NO2. The number of terminal acetylenes is 2. The number of aliphatic hydroxyl groups excluding tert-OH is 1. The SMILES string of the molecule is C.C#CCN(CC#C)CCOCCO. The molecule has 0 bridgehead atoms. The molecule has 0 saturated heterocycles. The third kappa shape index (κ3) is 9.09. The molecule has 0 aromatic carbocycles. The molecule has 0 aromatic heterocycles. The van der Waals surface area contributed by atoms with Gasteiger partial charge in [0.2, 0.25) is 0 Å². The van der Waals surface area contributed by atoms with Gasteiger partial charge >= 0.3 is 0 Å². The Bertz CT molecular complexity index is 174. The minimum atomic E-state index is 0. The first-order valence-corrected chi connectivity index (χ1v) is 4.13. The fourth-order valence-electron chi connectivity index (χ4n) is 0.832. The van der Waals surface area contributed by atoms with Gasteiger partial charge in [-0.1, -0.05) is 19.3 Å². The fourth-order valence-corrected chi connectivity index (χ4v) is 0.832. The second kappa shape index (κ2) is 12.0. The highest BCUT2D eigenvalue weighted by atomic mass is 16.5. The summed E-state index contributed by atoms with van der Waals surface area (Å²) in [5.41, 5.74) is 0. The average molecular weight is 197 g/mol. The molecule has 14 heavy (non-hydrogen) atoms. The second-order valence-corrected chi connectivity index (χ2v) is 2.45. The zero-order valence-electron chi connectivity index (χ0n) is 7.70. The quantitative estimate of drug-likeness (QED) is 0.467. The molecular weight excluding hydrogens is 178 g/mol. The van der Waals surface area contributed by atoms with Crippen molar-refractivity contribution in [3.8, 4) is 24.7 Å². The molecule has 0 spiro atoms. The summed E-state index contributed by atoms with van der Waals surface area (Å²) in [4.78, 5) is 1.93. The van der Waals surface area contributed by atoms with Crippen molar-refractivity contribution in [3.05, 3.63) is 0 Å². The Hall–Kier alpha value is -1.00. The summed E-state index contributed by atoms with van der Waals surface area (Å²) >= 11 is 0. The molecule has 0 aliphatic heterocycles. The van der Waals surface area contributed by atoms with Gasteiger partial charge in [-0.05, 0) is 0 Å². The second-order valence-electron chi connectivity index (χ2n) is 2.45. The van der Waals surface area contributed by atoms with Gasteiger partial charge in [-0.3, -0.25) is 4.90 Å². The molecule has 0 unspecified atom stereocenters. The van der Waals surface area contributed by atoms with Crippen LogP contribution in [0.25, 0.3) is 0 Å². The first-order chi connectivity index (χ1) is 6.35. The molecule has 80 valence electrons. The normalized spacial score (nSPS) is 8.86. The highest BCUT2D eigenvalue weighted by molar-refractivity contribution is 4.94. The molecule has 1 N–H and O–H groups in total. The molecule has 0 aromatic rings. The number of rotatable bonds is 7. The Morgan fingerprint density at radius 3 is 2.14 bits per heavy atom. The van der Waals surface area contributed by atoms with Crippen molar-refractivity contribution in [3.63, 3.8) is 0 Å². The van der Waals surface area contributed by atoms with E-state index >= 15 is 0 Å². The van der Waals surface area contributed by atoms with Crippen molar-refractivity contribution in [1.29, 1.82) is 0 Å². The molecule has 0 heterocycles. The number of hydrogen-bond acceptors (Lipinski definition) is 3. The van der Waals surface area contributed by atoms with Gasteiger partial charge in [0.05, 0.1) is 32.9 Å². The molecule has 0 atom stereocenters. The average Bonchev–Trinajstić information content (AvgIpc) is 2.13. The molecule has 0 aliphatic carbocycles. The molecule has 3 nitrogen and oxygen atoms in total. The number of ether oxygens (including phenoxy) is 1. The van der Waals surface area contributed by atoms with Gasteiger partial charge in [0.15, 0.2) is 0 Å². The highest BCUT2D eigenvalue weighted by Crippen LogP contribution is 1.86. The molecule has 0 radical (unpaired) electrons. The van der Waals surface area contributed by atoms with Crippen molar-refractivity contribution in [2.24, 2.45) is 0 Å². The van der Waals surface area contributed by atoms with Crippen LogP contribution in [0.5, 0.6) is 0 Å². The number of hydrogen-bond donors (Lipinski definition) is 1. The largest absolute Gasteiger partial charge is 0.394 e. The van der Waals surface area contributed by atoms with Crippen LogP contribution in [-0.4, -0.2) is 49.5 Å². The Morgan fingerprint density at radius 1 is 1.14 bits per heavy atom. The van der Waals surface area contributed by atoms with Crippen molar-refractivity contribution < 1.29 is 9.84 Å². The van der Waals surface area contributed by atoms with E-state index in [4.69, 9.17) is 22.7 Å². The molecule has 0 fully saturated rings. The Labute approximate surface area is 87.1 Å². The third-order valence-electron chi connectivity index (χ3n) is 1.42. The monoisotopic (exact) mass is 197 g/mol. The van der Waals surface area contributed by atoms with E-state index in [1.54, 1.807) is 0 Å². The van der Waals surface area contributed by atoms with Crippen molar-refractivity contribution in [1.82, 2.24) is 4.90 Å². The maximum Gasteiger partial charge on any atom is 0.0698 e. The van der Waals surface area contributed by atoms with E-state index in [-0.39, 0.29) is 14.0 Å². The standard InChI is InChI=1S/C10H15NO2.CH4/c1-3-5-11(6-4-2)7-9-13-10-8-12;/h1-2,12H,5-10H2;1H4. The summed E-state index contributed by atoms with van der Waals surface area (Å²) in [5.74, 6) is 5.04. The van der Waals surface area contributed by atoms with Crippen LogP contribution in [0, 0.1) is 24.7 Å². The topological polar surface area (TPSA) is 32.7 Å².